The van der Waals surface area contributed by atoms with Gasteiger partial charge in [0, 0.05) is 0 Å². The molecule has 0 aromatic rings. The van der Waals surface area contributed by atoms with Gasteiger partial charge in [0.1, 0.15) is 0 Å². The van der Waals surface area contributed by atoms with E-state index >= 15 is 0 Å². The van der Waals surface area contributed by atoms with Gasteiger partial charge in [0.25, 0.3) is 0 Å². The van der Waals surface area contributed by atoms with Crippen LogP contribution in [-0.2, 0) is 17.4 Å². The molecule has 0 radical (unpaired) electrons. The van der Waals surface area contributed by atoms with Crippen molar-refractivity contribution in [1.82, 2.24) is 0 Å². The van der Waals surface area contributed by atoms with Gasteiger partial charge in [-0.05, 0) is 0 Å². The average molecular weight is 366 g/mol. The zero-order valence-electron chi connectivity index (χ0n) is 17.2. The van der Waals surface area contributed by atoms with Crippen LogP contribution in [0.1, 0.15) is 55.4 Å². The van der Waals surface area contributed by atoms with Crippen molar-refractivity contribution in [2.24, 2.45) is 11.8 Å². The van der Waals surface area contributed by atoms with Gasteiger partial charge in [-0.2, -0.15) is 14.2 Å². The molecule has 134 valence electrons. The molecule has 0 spiro atoms. The van der Waals surface area contributed by atoms with E-state index < -0.39 is 17.4 Å². The molecule has 3 heteroatoms. The Balaban J connectivity index is 0.00000123. The maximum atomic E-state index is 8.25. The molecule has 0 aromatic carbocycles. The van der Waals surface area contributed by atoms with Gasteiger partial charge >= 0.3 is 131 Å². The quantitative estimate of drug-likeness (QED) is 0.702. The molecule has 0 heterocycles. The van der Waals surface area contributed by atoms with Crippen LogP contribution in [0.5, 0.6) is 0 Å². The number of allylic oxidation sites excluding steroid dienone is 8. The summed E-state index contributed by atoms with van der Waals surface area (Å²) in [5, 5.41) is 16.5. The second kappa shape index (κ2) is 9.82. The van der Waals surface area contributed by atoms with Crippen LogP contribution in [0.15, 0.2) is 41.2 Å². The van der Waals surface area contributed by atoms with Crippen molar-refractivity contribution in [3.8, 4) is 0 Å². The molecule has 0 bridgehead atoms. The van der Waals surface area contributed by atoms with E-state index in [9.17, 15) is 0 Å². The third kappa shape index (κ3) is 3.99. The summed E-state index contributed by atoms with van der Waals surface area (Å²) in [7, 11) is 1.50. The van der Waals surface area contributed by atoms with Crippen LogP contribution in [0.3, 0.4) is 0 Å². The molecule has 2 aliphatic rings. The topological polar surface area (TPSA) is 46.1 Å². The Morgan fingerprint density at radius 2 is 0.875 bits per heavy atom. The first kappa shape index (κ1) is 23.5. The van der Waals surface area contributed by atoms with E-state index in [1.807, 2.05) is 0 Å². The summed E-state index contributed by atoms with van der Waals surface area (Å²) in [5.41, 5.74) is 9.27. The fourth-order valence-electron chi connectivity index (χ4n) is 3.85. The van der Waals surface area contributed by atoms with Crippen molar-refractivity contribution < 1.29 is 27.6 Å². The standard InChI is InChI=1S/2C9H13.2CH3O.CH2.Ti/c2*1-6-5-7(2)9(4)8(6)3;2*1-2;;/h2*6H,1-4H3;2*1H3;1H2;/q;;2*-1;;+2. The molecule has 0 aliphatic heterocycles. The minimum absolute atomic E-state index is 0.621. The van der Waals surface area contributed by atoms with Crippen molar-refractivity contribution in [3.63, 3.8) is 0 Å². The Kier molecular flexibility index (Phi) is 9.60. The second-order valence-corrected chi connectivity index (χ2v) is 9.79. The van der Waals surface area contributed by atoms with Gasteiger partial charge < -0.3 is 10.2 Å². The molecular formula is C21H34O2Ti. The third-order valence-electron chi connectivity index (χ3n) is 5.93. The number of hydrogen-bond donors (Lipinski definition) is 0. The van der Waals surface area contributed by atoms with E-state index in [1.165, 1.54) is 11.1 Å². The Morgan fingerprint density at radius 3 is 1.04 bits per heavy atom. The van der Waals surface area contributed by atoms with Crippen molar-refractivity contribution in [2.45, 2.75) is 55.4 Å². The summed E-state index contributed by atoms with van der Waals surface area (Å²) < 4.78 is 3.42. The molecule has 2 atom stereocenters. The molecule has 0 aromatic heterocycles. The molecule has 0 N–H and O–H groups in total. The molecule has 2 rings (SSSR count). The predicted molar refractivity (Wildman–Crippen MR) is 99.4 cm³/mol. The summed E-state index contributed by atoms with van der Waals surface area (Å²) in [6.07, 6.45) is 0. The number of hydrogen-bond acceptors (Lipinski definition) is 2. The molecule has 2 unspecified atom stereocenters. The first-order chi connectivity index (χ1) is 11.2. The van der Waals surface area contributed by atoms with Crippen LogP contribution in [0.2, 0.25) is 0 Å². The Morgan fingerprint density at radius 1 is 0.625 bits per heavy atom. The van der Waals surface area contributed by atoms with Crippen LogP contribution in [-0.4, -0.2) is 19.0 Å². The molecule has 0 fully saturated rings. The van der Waals surface area contributed by atoms with Crippen molar-refractivity contribution in [1.29, 1.82) is 0 Å². The van der Waals surface area contributed by atoms with Gasteiger partial charge in [0.2, 0.25) is 0 Å². The maximum absolute atomic E-state index is 8.25. The fraction of sp³-hybridized carbons (Fsp3) is 0.571. The van der Waals surface area contributed by atoms with Gasteiger partial charge in [0.05, 0.1) is 0 Å². The zero-order valence-corrected chi connectivity index (χ0v) is 18.7. The van der Waals surface area contributed by atoms with E-state index in [2.05, 4.69) is 55.4 Å². The van der Waals surface area contributed by atoms with E-state index in [0.29, 0.717) is 11.8 Å². The molecular weight excluding hydrogens is 332 g/mol. The summed E-state index contributed by atoms with van der Waals surface area (Å²) in [4.78, 5) is 4.74. The normalized spacial score (nSPS) is 23.0. The van der Waals surface area contributed by atoms with Crippen LogP contribution in [0, 0.1) is 11.8 Å². The third-order valence-corrected chi connectivity index (χ3v) is 10.5. The molecule has 0 amide bonds. The van der Waals surface area contributed by atoms with Gasteiger partial charge in [-0.25, -0.2) is 0 Å². The average Bonchev–Trinajstić information content (AvgIpc) is 2.91. The van der Waals surface area contributed by atoms with Crippen LogP contribution in [0.4, 0.5) is 0 Å². The first-order valence-corrected chi connectivity index (χ1v) is 11.1. The summed E-state index contributed by atoms with van der Waals surface area (Å²) in [6.45, 7) is 18.6. The van der Waals surface area contributed by atoms with Gasteiger partial charge in [-0.1, -0.05) is 0 Å². The molecule has 2 nitrogen and oxygen atoms in total. The van der Waals surface area contributed by atoms with Gasteiger partial charge in [-0.3, -0.25) is 0 Å². The second-order valence-electron chi connectivity index (χ2n) is 6.62. The van der Waals surface area contributed by atoms with E-state index in [0.717, 1.165) is 14.2 Å². The van der Waals surface area contributed by atoms with Crippen molar-refractivity contribution >= 4 is 4.82 Å². The Labute approximate surface area is 155 Å². The zero-order chi connectivity index (χ0) is 19.4. The van der Waals surface area contributed by atoms with E-state index in [1.54, 1.807) is 30.0 Å². The summed E-state index contributed by atoms with van der Waals surface area (Å²) >= 11 is -1.58. The number of rotatable bonds is 2. The first-order valence-electron chi connectivity index (χ1n) is 8.48. The van der Waals surface area contributed by atoms with E-state index in [-0.39, 0.29) is 0 Å². The molecule has 0 saturated carbocycles. The monoisotopic (exact) mass is 366 g/mol. The molecule has 2 aliphatic carbocycles. The molecule has 24 heavy (non-hydrogen) atoms. The van der Waals surface area contributed by atoms with Crippen LogP contribution < -0.4 is 10.2 Å². The van der Waals surface area contributed by atoms with Crippen molar-refractivity contribution in [3.05, 3.63) is 41.2 Å². The van der Waals surface area contributed by atoms with Crippen LogP contribution >= 0.6 is 0 Å². The minimum atomic E-state index is -1.58. The van der Waals surface area contributed by atoms with Crippen LogP contribution in [0.25, 0.3) is 0 Å². The van der Waals surface area contributed by atoms with Gasteiger partial charge in [-0.15, -0.1) is 0 Å². The SMILES string of the molecule is C[O-].C[O-].[CH2]=[Ti+2]([C]1=C(C)C(C)=C(C)C1C)[C]1=C(C)C(C)=C(C)C1C. The summed E-state index contributed by atoms with van der Waals surface area (Å²) in [6, 6.07) is 0. The van der Waals surface area contributed by atoms with Crippen molar-refractivity contribution in [2.75, 3.05) is 14.2 Å². The van der Waals surface area contributed by atoms with E-state index in [4.69, 9.17) is 15.0 Å². The fourth-order valence-corrected chi connectivity index (χ4v) is 8.61. The Hall–Kier alpha value is -0.536. The summed E-state index contributed by atoms with van der Waals surface area (Å²) in [5.74, 6) is 1.24. The molecule has 0 saturated heterocycles. The Bertz CT molecular complexity index is 576. The predicted octanol–water partition coefficient (Wildman–Crippen LogP) is 3.51. The van der Waals surface area contributed by atoms with Gasteiger partial charge in [0.15, 0.2) is 0 Å².